The Labute approximate surface area is 168 Å². The van der Waals surface area contributed by atoms with Gasteiger partial charge in [0, 0.05) is 43.8 Å². The third kappa shape index (κ3) is 4.51. The van der Waals surface area contributed by atoms with Crippen LogP contribution in [0, 0.1) is 6.92 Å². The van der Waals surface area contributed by atoms with Gasteiger partial charge in [-0.1, -0.05) is 54.2 Å². The van der Waals surface area contributed by atoms with Crippen molar-refractivity contribution in [3.63, 3.8) is 0 Å². The predicted octanol–water partition coefficient (Wildman–Crippen LogP) is 4.04. The van der Waals surface area contributed by atoms with Gasteiger partial charge in [0.25, 0.3) is 0 Å². The zero-order valence-corrected chi connectivity index (χ0v) is 17.1. The maximum absolute atomic E-state index is 12.5. The van der Waals surface area contributed by atoms with Crippen LogP contribution in [0.1, 0.15) is 11.3 Å². The summed E-state index contributed by atoms with van der Waals surface area (Å²) >= 11 is 3.16. The fourth-order valence-electron chi connectivity index (χ4n) is 3.44. The Kier molecular flexibility index (Phi) is 5.76. The van der Waals surface area contributed by atoms with Crippen LogP contribution in [0.3, 0.4) is 0 Å². The number of rotatable bonds is 5. The molecule has 0 radical (unpaired) electrons. The highest BCUT2D eigenvalue weighted by Gasteiger charge is 2.21. The lowest BCUT2D eigenvalue weighted by Gasteiger charge is -2.35. The van der Waals surface area contributed by atoms with Crippen molar-refractivity contribution < 1.29 is 4.79 Å². The number of piperazine rings is 1. The van der Waals surface area contributed by atoms with Crippen molar-refractivity contribution in [1.82, 2.24) is 14.8 Å². The molecule has 1 aliphatic rings. The number of aryl methyl sites for hydroxylation is 1. The number of hydrogen-bond acceptors (Lipinski definition) is 5. The van der Waals surface area contributed by atoms with Crippen molar-refractivity contribution in [1.29, 1.82) is 0 Å². The Balaban J connectivity index is 1.30. The average Bonchev–Trinajstić information content (AvgIpc) is 3.12. The molecule has 1 aromatic heterocycles. The first-order valence-electron chi connectivity index (χ1n) is 9.21. The van der Waals surface area contributed by atoms with E-state index >= 15 is 0 Å². The van der Waals surface area contributed by atoms with E-state index in [1.165, 1.54) is 16.3 Å². The van der Waals surface area contributed by atoms with E-state index < -0.39 is 0 Å². The summed E-state index contributed by atoms with van der Waals surface area (Å²) in [6, 6.07) is 15.1. The lowest BCUT2D eigenvalue weighted by molar-refractivity contribution is -0.130. The number of amides is 1. The van der Waals surface area contributed by atoms with E-state index in [1.807, 2.05) is 17.2 Å². The minimum atomic E-state index is 0.220. The van der Waals surface area contributed by atoms with Gasteiger partial charge in [-0.2, -0.15) is 0 Å². The Bertz CT molecular complexity index is 927. The molecule has 6 heteroatoms. The van der Waals surface area contributed by atoms with Gasteiger partial charge >= 0.3 is 0 Å². The Morgan fingerprint density at radius 2 is 1.89 bits per heavy atom. The van der Waals surface area contributed by atoms with Crippen molar-refractivity contribution in [2.45, 2.75) is 17.8 Å². The Hall–Kier alpha value is -1.89. The van der Waals surface area contributed by atoms with Gasteiger partial charge in [0.05, 0.1) is 5.75 Å². The number of aromatic nitrogens is 1. The van der Waals surface area contributed by atoms with Crippen molar-refractivity contribution >= 4 is 39.8 Å². The molecule has 3 aromatic rings. The molecule has 0 spiro atoms. The number of carbonyl (C=O) groups excluding carboxylic acids is 1. The van der Waals surface area contributed by atoms with E-state index in [4.69, 9.17) is 0 Å². The molecule has 2 heterocycles. The lowest BCUT2D eigenvalue weighted by Crippen LogP contribution is -2.48. The minimum Gasteiger partial charge on any atom is -0.339 e. The van der Waals surface area contributed by atoms with Crippen LogP contribution in [0.15, 0.2) is 52.2 Å². The fourth-order valence-corrected chi connectivity index (χ4v) is 5.19. The largest absolute Gasteiger partial charge is 0.339 e. The molecule has 1 amide bonds. The topological polar surface area (TPSA) is 36.4 Å². The number of carbonyl (C=O) groups is 1. The Morgan fingerprint density at radius 3 is 2.67 bits per heavy atom. The van der Waals surface area contributed by atoms with Crippen LogP contribution in [0.4, 0.5) is 0 Å². The summed E-state index contributed by atoms with van der Waals surface area (Å²) in [4.78, 5) is 21.3. The van der Waals surface area contributed by atoms with Crippen LogP contribution in [-0.2, 0) is 11.3 Å². The van der Waals surface area contributed by atoms with Gasteiger partial charge in [0.2, 0.25) is 5.91 Å². The molecule has 140 valence electrons. The predicted molar refractivity (Wildman–Crippen MR) is 113 cm³/mol. The second-order valence-corrected chi connectivity index (χ2v) is 8.92. The third-order valence-corrected chi connectivity index (χ3v) is 7.04. The monoisotopic (exact) mass is 397 g/mol. The molecule has 0 bridgehead atoms. The van der Waals surface area contributed by atoms with Crippen molar-refractivity contribution in [3.8, 4) is 0 Å². The Morgan fingerprint density at radius 1 is 1.11 bits per heavy atom. The van der Waals surface area contributed by atoms with Crippen molar-refractivity contribution in [2.75, 3.05) is 31.9 Å². The summed E-state index contributed by atoms with van der Waals surface area (Å²) in [6.07, 6.45) is 0. The summed E-state index contributed by atoms with van der Waals surface area (Å²) in [5.74, 6) is 0.702. The molecule has 0 N–H and O–H groups in total. The maximum Gasteiger partial charge on any atom is 0.233 e. The fraction of sp³-hybridized carbons (Fsp3) is 0.333. The number of benzene rings is 2. The number of nitrogens with zero attached hydrogens (tertiary/aromatic N) is 3. The molecule has 0 saturated carbocycles. The minimum absolute atomic E-state index is 0.220. The number of fused-ring (bicyclic) bond motifs is 1. The first-order chi connectivity index (χ1) is 13.2. The molecular formula is C21H23N3OS2. The zero-order valence-electron chi connectivity index (χ0n) is 15.4. The van der Waals surface area contributed by atoms with Gasteiger partial charge in [-0.25, -0.2) is 4.98 Å². The summed E-state index contributed by atoms with van der Waals surface area (Å²) < 4.78 is 0.982. The molecule has 0 unspecified atom stereocenters. The van der Waals surface area contributed by atoms with Crippen LogP contribution >= 0.6 is 23.1 Å². The third-order valence-electron chi connectivity index (χ3n) is 4.92. The molecule has 0 aliphatic carbocycles. The van der Waals surface area contributed by atoms with E-state index in [0.717, 1.165) is 42.8 Å². The van der Waals surface area contributed by atoms with Gasteiger partial charge in [-0.15, -0.1) is 11.3 Å². The highest BCUT2D eigenvalue weighted by molar-refractivity contribution is 8.01. The quantitative estimate of drug-likeness (QED) is 0.609. The second-order valence-electron chi connectivity index (χ2n) is 6.84. The van der Waals surface area contributed by atoms with E-state index in [2.05, 4.69) is 52.3 Å². The van der Waals surface area contributed by atoms with E-state index in [1.54, 1.807) is 23.1 Å². The zero-order chi connectivity index (χ0) is 18.6. The molecule has 0 atom stereocenters. The molecule has 4 nitrogen and oxygen atoms in total. The average molecular weight is 398 g/mol. The second kappa shape index (κ2) is 8.42. The standard InChI is InChI=1S/C21H23N3OS2/c1-16-14-26-21(22-16)27-15-20(25)24-11-9-23(10-12-24)13-18-7-4-6-17-5-2-3-8-19(17)18/h2-8,14H,9-13,15H2,1H3. The number of thiazole rings is 1. The molecule has 27 heavy (non-hydrogen) atoms. The number of hydrogen-bond donors (Lipinski definition) is 0. The normalized spacial score (nSPS) is 15.4. The molecule has 1 aliphatic heterocycles. The molecule has 1 fully saturated rings. The number of thioether (sulfide) groups is 1. The highest BCUT2D eigenvalue weighted by Crippen LogP contribution is 2.23. The van der Waals surface area contributed by atoms with Gasteiger partial charge in [-0.3, -0.25) is 9.69 Å². The molecule has 4 rings (SSSR count). The smallest absolute Gasteiger partial charge is 0.233 e. The van der Waals surface area contributed by atoms with Gasteiger partial charge in [0.1, 0.15) is 0 Å². The first-order valence-corrected chi connectivity index (χ1v) is 11.1. The van der Waals surface area contributed by atoms with Crippen molar-refractivity contribution in [2.24, 2.45) is 0 Å². The SMILES string of the molecule is Cc1csc(SCC(=O)N2CCN(Cc3cccc4ccccc34)CC2)n1. The van der Waals surface area contributed by atoms with Crippen LogP contribution in [-0.4, -0.2) is 52.6 Å². The van der Waals surface area contributed by atoms with E-state index in [0.29, 0.717) is 5.75 Å². The van der Waals surface area contributed by atoms with E-state index in [-0.39, 0.29) is 5.91 Å². The van der Waals surface area contributed by atoms with Crippen LogP contribution in [0.25, 0.3) is 10.8 Å². The first kappa shape index (κ1) is 18.5. The van der Waals surface area contributed by atoms with Crippen LogP contribution in [0.5, 0.6) is 0 Å². The van der Waals surface area contributed by atoms with E-state index in [9.17, 15) is 4.79 Å². The van der Waals surface area contributed by atoms with Gasteiger partial charge in [-0.05, 0) is 23.3 Å². The molecule has 1 saturated heterocycles. The maximum atomic E-state index is 12.5. The molecular weight excluding hydrogens is 374 g/mol. The molecule has 2 aromatic carbocycles. The van der Waals surface area contributed by atoms with Gasteiger partial charge < -0.3 is 4.90 Å². The highest BCUT2D eigenvalue weighted by atomic mass is 32.2. The lowest BCUT2D eigenvalue weighted by atomic mass is 10.0. The van der Waals surface area contributed by atoms with Crippen LogP contribution < -0.4 is 0 Å². The summed E-state index contributed by atoms with van der Waals surface area (Å²) in [6.45, 7) is 6.39. The van der Waals surface area contributed by atoms with Crippen LogP contribution in [0.2, 0.25) is 0 Å². The summed E-state index contributed by atoms with van der Waals surface area (Å²) in [5, 5.41) is 4.64. The summed E-state index contributed by atoms with van der Waals surface area (Å²) in [7, 11) is 0. The van der Waals surface area contributed by atoms with Crippen molar-refractivity contribution in [3.05, 3.63) is 59.1 Å². The summed E-state index contributed by atoms with van der Waals surface area (Å²) in [5.41, 5.74) is 2.39. The van der Waals surface area contributed by atoms with Gasteiger partial charge in [0.15, 0.2) is 4.34 Å².